The van der Waals surface area contributed by atoms with Gasteiger partial charge in [0.25, 0.3) is 0 Å². The second-order valence-corrected chi connectivity index (χ2v) is 6.29. The molecule has 24 heavy (non-hydrogen) atoms. The highest BCUT2D eigenvalue weighted by Crippen LogP contribution is 2.25. The van der Waals surface area contributed by atoms with Gasteiger partial charge in [0, 0.05) is 22.2 Å². The number of aryl methyl sites for hydroxylation is 1. The van der Waals surface area contributed by atoms with Crippen molar-refractivity contribution in [2.24, 2.45) is 0 Å². The first-order chi connectivity index (χ1) is 11.5. The molecule has 8 heteroatoms. The van der Waals surface area contributed by atoms with E-state index >= 15 is 0 Å². The molecule has 3 rings (SSSR count). The fraction of sp³-hybridized carbons (Fsp3) is 0.375. The van der Waals surface area contributed by atoms with Crippen LogP contribution in [0.4, 0.5) is 0 Å². The van der Waals surface area contributed by atoms with E-state index in [0.717, 1.165) is 22.5 Å². The van der Waals surface area contributed by atoms with Crippen molar-refractivity contribution in [1.29, 1.82) is 0 Å². The Morgan fingerprint density at radius 1 is 1.46 bits per heavy atom. The number of methoxy groups -OCH3 is 1. The van der Waals surface area contributed by atoms with Crippen molar-refractivity contribution in [1.82, 2.24) is 19.9 Å². The number of hydrogen-bond acceptors (Lipinski definition) is 7. The normalized spacial score (nSPS) is 12.3. The lowest BCUT2D eigenvalue weighted by molar-refractivity contribution is -0.142. The van der Waals surface area contributed by atoms with E-state index in [1.807, 2.05) is 37.6 Å². The predicted molar refractivity (Wildman–Crippen MR) is 88.8 cm³/mol. The molecule has 1 atom stereocenters. The summed E-state index contributed by atoms with van der Waals surface area (Å²) in [6.45, 7) is 5.97. The zero-order chi connectivity index (χ0) is 17.3. The van der Waals surface area contributed by atoms with Gasteiger partial charge in [-0.05, 0) is 32.2 Å². The summed E-state index contributed by atoms with van der Waals surface area (Å²) in [6, 6.07) is 1.94. The highest BCUT2D eigenvalue weighted by atomic mass is 32.1. The van der Waals surface area contributed by atoms with Crippen LogP contribution >= 0.6 is 11.3 Å². The van der Waals surface area contributed by atoms with E-state index in [1.54, 1.807) is 16.0 Å². The van der Waals surface area contributed by atoms with Gasteiger partial charge in [0.1, 0.15) is 6.54 Å². The molecule has 0 radical (unpaired) electrons. The van der Waals surface area contributed by atoms with Gasteiger partial charge in [0.05, 0.1) is 18.7 Å². The standard InChI is InChI=1S/C16H18N4O3S/c1-9(16(21)22-4)14-10(2)18-20(11(14)3)7-13-17-15(19-23-13)12-5-6-24-8-12/h5-6,8-9H,7H2,1-4H3/t9-/m0/s1. The first-order valence-electron chi connectivity index (χ1n) is 7.48. The molecule has 7 nitrogen and oxygen atoms in total. The molecule has 0 aliphatic heterocycles. The third kappa shape index (κ3) is 2.96. The minimum Gasteiger partial charge on any atom is -0.469 e. The van der Waals surface area contributed by atoms with Crippen molar-refractivity contribution in [2.75, 3.05) is 7.11 Å². The number of carbonyl (C=O) groups is 1. The quantitative estimate of drug-likeness (QED) is 0.661. The topological polar surface area (TPSA) is 83.0 Å². The van der Waals surface area contributed by atoms with Gasteiger partial charge < -0.3 is 9.26 Å². The third-order valence-electron chi connectivity index (χ3n) is 3.96. The van der Waals surface area contributed by atoms with Crippen LogP contribution in [0, 0.1) is 13.8 Å². The Morgan fingerprint density at radius 2 is 2.25 bits per heavy atom. The highest BCUT2D eigenvalue weighted by Gasteiger charge is 2.24. The zero-order valence-corrected chi connectivity index (χ0v) is 14.8. The number of rotatable bonds is 5. The monoisotopic (exact) mass is 346 g/mol. The SMILES string of the molecule is COC(=O)[C@@H](C)c1c(C)nn(Cc2nc(-c3ccsc3)no2)c1C. The molecule has 0 saturated carbocycles. The van der Waals surface area contributed by atoms with Gasteiger partial charge >= 0.3 is 5.97 Å². The second-order valence-electron chi connectivity index (χ2n) is 5.51. The molecule has 0 aliphatic rings. The number of esters is 1. The Labute approximate surface area is 143 Å². The van der Waals surface area contributed by atoms with Crippen molar-refractivity contribution in [3.05, 3.63) is 39.7 Å². The van der Waals surface area contributed by atoms with Crippen LogP contribution in [-0.2, 0) is 16.1 Å². The molecule has 3 aromatic heterocycles. The van der Waals surface area contributed by atoms with Gasteiger partial charge in [-0.2, -0.15) is 21.4 Å². The number of hydrogen-bond donors (Lipinski definition) is 0. The maximum atomic E-state index is 11.8. The summed E-state index contributed by atoms with van der Waals surface area (Å²) >= 11 is 1.58. The van der Waals surface area contributed by atoms with Gasteiger partial charge in [-0.25, -0.2) is 0 Å². The summed E-state index contributed by atoms with van der Waals surface area (Å²) in [5.41, 5.74) is 3.49. The summed E-state index contributed by atoms with van der Waals surface area (Å²) in [4.78, 5) is 16.2. The van der Waals surface area contributed by atoms with Crippen molar-refractivity contribution in [3.63, 3.8) is 0 Å². The van der Waals surface area contributed by atoms with E-state index < -0.39 is 0 Å². The molecule has 0 bridgehead atoms. The molecule has 0 N–H and O–H groups in total. The zero-order valence-electron chi connectivity index (χ0n) is 13.9. The maximum absolute atomic E-state index is 11.8. The molecule has 0 aliphatic carbocycles. The molecule has 0 amide bonds. The van der Waals surface area contributed by atoms with Crippen LogP contribution in [0.15, 0.2) is 21.3 Å². The Bertz CT molecular complexity index is 851. The average Bonchev–Trinajstić information content (AvgIpc) is 3.28. The molecule has 0 unspecified atom stereocenters. The Morgan fingerprint density at radius 3 is 2.92 bits per heavy atom. The van der Waals surface area contributed by atoms with Gasteiger partial charge in [0.2, 0.25) is 11.7 Å². The van der Waals surface area contributed by atoms with E-state index in [-0.39, 0.29) is 11.9 Å². The smallest absolute Gasteiger partial charge is 0.312 e. The van der Waals surface area contributed by atoms with Crippen molar-refractivity contribution in [3.8, 4) is 11.4 Å². The largest absolute Gasteiger partial charge is 0.469 e. The fourth-order valence-electron chi connectivity index (χ4n) is 2.74. The van der Waals surface area contributed by atoms with Crippen LogP contribution in [0.5, 0.6) is 0 Å². The van der Waals surface area contributed by atoms with E-state index in [4.69, 9.17) is 9.26 Å². The first-order valence-corrected chi connectivity index (χ1v) is 8.42. The Hall–Kier alpha value is -2.48. The molecule has 0 fully saturated rings. The lowest BCUT2D eigenvalue weighted by Gasteiger charge is -2.09. The number of nitrogens with zero attached hydrogens (tertiary/aromatic N) is 4. The molecule has 0 spiro atoms. The first kappa shape index (κ1) is 16.4. The average molecular weight is 346 g/mol. The molecule has 3 heterocycles. The van der Waals surface area contributed by atoms with Crippen molar-refractivity contribution < 1.29 is 14.1 Å². The van der Waals surface area contributed by atoms with Gasteiger partial charge in [-0.1, -0.05) is 5.16 Å². The summed E-state index contributed by atoms with van der Waals surface area (Å²) in [6.07, 6.45) is 0. The second kappa shape index (κ2) is 6.56. The summed E-state index contributed by atoms with van der Waals surface area (Å²) in [5.74, 6) is 0.390. The molecule has 0 saturated heterocycles. The number of aromatic nitrogens is 4. The van der Waals surface area contributed by atoms with Crippen molar-refractivity contribution >= 4 is 17.3 Å². The van der Waals surface area contributed by atoms with Gasteiger partial charge in [-0.15, -0.1) is 0 Å². The summed E-state index contributed by atoms with van der Waals surface area (Å²) in [7, 11) is 1.39. The van der Waals surface area contributed by atoms with E-state index in [2.05, 4.69) is 15.2 Å². The molecule has 0 aromatic carbocycles. The van der Waals surface area contributed by atoms with Crippen LogP contribution in [0.25, 0.3) is 11.4 Å². The van der Waals surface area contributed by atoms with Crippen LogP contribution in [0.2, 0.25) is 0 Å². The molecule has 3 aromatic rings. The van der Waals surface area contributed by atoms with E-state index in [1.165, 1.54) is 7.11 Å². The lowest BCUT2D eigenvalue weighted by Crippen LogP contribution is -2.13. The van der Waals surface area contributed by atoms with Crippen LogP contribution in [0.3, 0.4) is 0 Å². The van der Waals surface area contributed by atoms with E-state index in [0.29, 0.717) is 18.3 Å². The molecular weight excluding hydrogens is 328 g/mol. The minimum absolute atomic E-state index is 0.279. The highest BCUT2D eigenvalue weighted by molar-refractivity contribution is 7.08. The predicted octanol–water partition coefficient (Wildman–Crippen LogP) is 2.94. The third-order valence-corrected chi connectivity index (χ3v) is 4.64. The minimum atomic E-state index is -0.368. The number of thiophene rings is 1. The number of ether oxygens (including phenoxy) is 1. The summed E-state index contributed by atoms with van der Waals surface area (Å²) < 4.78 is 11.9. The number of carbonyl (C=O) groups excluding carboxylic acids is 1. The molecular formula is C16H18N4O3S. The van der Waals surface area contributed by atoms with Crippen molar-refractivity contribution in [2.45, 2.75) is 33.2 Å². The summed E-state index contributed by atoms with van der Waals surface area (Å²) in [5, 5.41) is 12.4. The van der Waals surface area contributed by atoms with Crippen LogP contribution < -0.4 is 0 Å². The molecule has 126 valence electrons. The van der Waals surface area contributed by atoms with Crippen LogP contribution in [-0.4, -0.2) is 33.0 Å². The lowest BCUT2D eigenvalue weighted by atomic mass is 9.99. The van der Waals surface area contributed by atoms with Crippen LogP contribution in [0.1, 0.15) is 35.7 Å². The Balaban J connectivity index is 1.85. The maximum Gasteiger partial charge on any atom is 0.312 e. The Kier molecular flexibility index (Phi) is 4.48. The van der Waals surface area contributed by atoms with E-state index in [9.17, 15) is 4.79 Å². The fourth-order valence-corrected chi connectivity index (χ4v) is 3.38. The van der Waals surface area contributed by atoms with Gasteiger partial charge in [0.15, 0.2) is 0 Å². The van der Waals surface area contributed by atoms with Gasteiger partial charge in [-0.3, -0.25) is 9.48 Å².